The predicted molar refractivity (Wildman–Crippen MR) is 109 cm³/mol. The van der Waals surface area contributed by atoms with Crippen LogP contribution in [-0.4, -0.2) is 21.4 Å². The normalized spacial score (nSPS) is 12.0. The Morgan fingerprint density at radius 3 is 2.30 bits per heavy atom. The molecule has 2 aromatic carbocycles. The van der Waals surface area contributed by atoms with E-state index in [0.717, 1.165) is 33.5 Å². The summed E-state index contributed by atoms with van der Waals surface area (Å²) in [5.74, 6) is 0.371. The second-order valence-corrected chi connectivity index (χ2v) is 8.06. The molecular formula is C21H23N3O2S. The van der Waals surface area contributed by atoms with E-state index >= 15 is 0 Å². The summed E-state index contributed by atoms with van der Waals surface area (Å²) in [5.41, 5.74) is 6.10. The van der Waals surface area contributed by atoms with Gasteiger partial charge in [-0.3, -0.25) is 4.79 Å². The highest BCUT2D eigenvalue weighted by atomic mass is 32.2. The maximum Gasteiger partial charge on any atom is 0.277 e. The molecule has 0 aliphatic rings. The third kappa shape index (κ3) is 4.57. The SMILES string of the molecule is Cc1cc(C)cc(-c2nnc(SC(C)C(=O)Nc3c(C)cccc3C)o2)c1. The molecule has 0 bridgehead atoms. The molecule has 0 fully saturated rings. The molecule has 6 heteroatoms. The van der Waals surface area contributed by atoms with Gasteiger partial charge >= 0.3 is 0 Å². The Hall–Kier alpha value is -2.60. The van der Waals surface area contributed by atoms with Gasteiger partial charge in [-0.05, 0) is 57.9 Å². The number of thioether (sulfide) groups is 1. The van der Waals surface area contributed by atoms with Crippen LogP contribution in [0, 0.1) is 27.7 Å². The highest BCUT2D eigenvalue weighted by molar-refractivity contribution is 8.00. The number of nitrogens with zero attached hydrogens (tertiary/aromatic N) is 2. The number of aryl methyl sites for hydroxylation is 4. The molecule has 1 atom stereocenters. The van der Waals surface area contributed by atoms with Gasteiger partial charge in [0.1, 0.15) is 0 Å². The van der Waals surface area contributed by atoms with Crippen molar-refractivity contribution in [1.29, 1.82) is 0 Å². The average Bonchev–Trinajstić information content (AvgIpc) is 3.06. The summed E-state index contributed by atoms with van der Waals surface area (Å²) in [4.78, 5) is 12.6. The van der Waals surface area contributed by atoms with Crippen molar-refractivity contribution < 1.29 is 9.21 Å². The number of anilines is 1. The van der Waals surface area contributed by atoms with Crippen molar-refractivity contribution in [2.45, 2.75) is 45.1 Å². The number of aromatic nitrogens is 2. The number of rotatable bonds is 5. The summed E-state index contributed by atoms with van der Waals surface area (Å²) in [6.45, 7) is 9.85. The number of benzene rings is 2. The fourth-order valence-corrected chi connectivity index (χ4v) is 3.60. The van der Waals surface area contributed by atoms with Gasteiger partial charge in [-0.15, -0.1) is 10.2 Å². The number of amides is 1. The second-order valence-electron chi connectivity index (χ2n) is 6.77. The van der Waals surface area contributed by atoms with Crippen LogP contribution < -0.4 is 5.32 Å². The van der Waals surface area contributed by atoms with Crippen LogP contribution in [0.4, 0.5) is 5.69 Å². The summed E-state index contributed by atoms with van der Waals surface area (Å²) in [6.07, 6.45) is 0. The number of hydrogen-bond acceptors (Lipinski definition) is 5. The Balaban J connectivity index is 1.70. The lowest BCUT2D eigenvalue weighted by atomic mass is 10.1. The minimum absolute atomic E-state index is 0.0939. The first-order valence-electron chi connectivity index (χ1n) is 8.79. The lowest BCUT2D eigenvalue weighted by Crippen LogP contribution is -2.23. The van der Waals surface area contributed by atoms with Crippen molar-refractivity contribution in [1.82, 2.24) is 10.2 Å². The molecule has 0 aliphatic carbocycles. The molecule has 1 amide bonds. The molecule has 1 aromatic heterocycles. The van der Waals surface area contributed by atoms with E-state index in [1.54, 1.807) is 0 Å². The van der Waals surface area contributed by atoms with E-state index in [9.17, 15) is 4.79 Å². The van der Waals surface area contributed by atoms with Crippen LogP contribution >= 0.6 is 11.8 Å². The van der Waals surface area contributed by atoms with Gasteiger partial charge in [0.05, 0.1) is 5.25 Å². The van der Waals surface area contributed by atoms with Gasteiger partial charge in [0.15, 0.2) is 0 Å². The first kappa shape index (κ1) is 19.2. The molecule has 0 aliphatic heterocycles. The van der Waals surface area contributed by atoms with Crippen LogP contribution in [0.1, 0.15) is 29.2 Å². The van der Waals surface area contributed by atoms with Gasteiger partial charge in [-0.2, -0.15) is 0 Å². The smallest absolute Gasteiger partial charge is 0.277 e. The number of para-hydroxylation sites is 1. The van der Waals surface area contributed by atoms with Gasteiger partial charge in [-0.1, -0.05) is 47.2 Å². The molecule has 1 unspecified atom stereocenters. The lowest BCUT2D eigenvalue weighted by Gasteiger charge is -2.14. The van der Waals surface area contributed by atoms with Gasteiger partial charge in [0.25, 0.3) is 5.22 Å². The highest BCUT2D eigenvalue weighted by Gasteiger charge is 2.20. The van der Waals surface area contributed by atoms with Crippen molar-refractivity contribution in [3.8, 4) is 11.5 Å². The predicted octanol–water partition coefficient (Wildman–Crippen LogP) is 5.09. The Bertz CT molecular complexity index is 941. The number of nitrogens with one attached hydrogen (secondary N) is 1. The minimum Gasteiger partial charge on any atom is -0.411 e. The summed E-state index contributed by atoms with van der Waals surface area (Å²) in [7, 11) is 0. The molecule has 0 spiro atoms. The third-order valence-electron chi connectivity index (χ3n) is 4.25. The third-order valence-corrected chi connectivity index (χ3v) is 5.19. The van der Waals surface area contributed by atoms with E-state index in [2.05, 4.69) is 21.6 Å². The van der Waals surface area contributed by atoms with Gasteiger partial charge < -0.3 is 9.73 Å². The van der Waals surface area contributed by atoms with E-state index < -0.39 is 0 Å². The van der Waals surface area contributed by atoms with Crippen LogP contribution in [0.3, 0.4) is 0 Å². The zero-order valence-electron chi connectivity index (χ0n) is 16.2. The Labute approximate surface area is 163 Å². The maximum atomic E-state index is 12.6. The molecule has 0 saturated carbocycles. The van der Waals surface area contributed by atoms with Crippen molar-refractivity contribution in [2.75, 3.05) is 5.32 Å². The molecule has 27 heavy (non-hydrogen) atoms. The zero-order chi connectivity index (χ0) is 19.6. The molecule has 140 valence electrons. The first-order chi connectivity index (χ1) is 12.8. The fraction of sp³-hybridized carbons (Fsp3) is 0.286. The molecule has 1 N–H and O–H groups in total. The lowest BCUT2D eigenvalue weighted by molar-refractivity contribution is -0.115. The van der Waals surface area contributed by atoms with E-state index in [1.807, 2.05) is 65.0 Å². The van der Waals surface area contributed by atoms with Crippen LogP contribution in [0.5, 0.6) is 0 Å². The van der Waals surface area contributed by atoms with Crippen LogP contribution in [0.25, 0.3) is 11.5 Å². The average molecular weight is 382 g/mol. The van der Waals surface area contributed by atoms with Gasteiger partial charge in [0, 0.05) is 11.3 Å². The van der Waals surface area contributed by atoms with E-state index in [4.69, 9.17) is 4.42 Å². The summed E-state index contributed by atoms with van der Waals surface area (Å²) >= 11 is 1.25. The fourth-order valence-electron chi connectivity index (χ4n) is 2.91. The van der Waals surface area contributed by atoms with E-state index in [-0.39, 0.29) is 11.2 Å². The van der Waals surface area contributed by atoms with Gasteiger partial charge in [0.2, 0.25) is 11.8 Å². The quantitative estimate of drug-likeness (QED) is 0.624. The standard InChI is InChI=1S/C21H23N3O2S/c1-12-9-13(2)11-17(10-12)20-23-24-21(26-20)27-16(5)19(25)22-18-14(3)7-6-8-15(18)4/h6-11,16H,1-5H3,(H,22,25). The molecule has 1 heterocycles. The Morgan fingerprint density at radius 1 is 1.04 bits per heavy atom. The minimum atomic E-state index is -0.364. The van der Waals surface area contributed by atoms with Crippen molar-refractivity contribution in [3.05, 3.63) is 58.7 Å². The van der Waals surface area contributed by atoms with Crippen LogP contribution in [-0.2, 0) is 4.79 Å². The number of carbonyl (C=O) groups excluding carboxylic acids is 1. The topological polar surface area (TPSA) is 68.0 Å². The Morgan fingerprint density at radius 2 is 1.67 bits per heavy atom. The first-order valence-corrected chi connectivity index (χ1v) is 9.67. The van der Waals surface area contributed by atoms with Crippen LogP contribution in [0.15, 0.2) is 46.0 Å². The van der Waals surface area contributed by atoms with E-state index in [1.165, 1.54) is 11.8 Å². The molecule has 5 nitrogen and oxygen atoms in total. The molecular weight excluding hydrogens is 358 g/mol. The van der Waals surface area contributed by atoms with Crippen molar-refractivity contribution in [2.24, 2.45) is 0 Å². The van der Waals surface area contributed by atoms with Crippen molar-refractivity contribution >= 4 is 23.4 Å². The van der Waals surface area contributed by atoms with Crippen molar-refractivity contribution in [3.63, 3.8) is 0 Å². The number of carbonyl (C=O) groups is 1. The second kappa shape index (κ2) is 7.96. The van der Waals surface area contributed by atoms with E-state index in [0.29, 0.717) is 11.1 Å². The molecule has 0 saturated heterocycles. The van der Waals surface area contributed by atoms with Crippen LogP contribution in [0.2, 0.25) is 0 Å². The zero-order valence-corrected chi connectivity index (χ0v) is 17.0. The maximum absolute atomic E-state index is 12.6. The Kier molecular flexibility index (Phi) is 5.65. The molecule has 3 aromatic rings. The molecule has 3 rings (SSSR count). The molecule has 0 radical (unpaired) electrons. The number of hydrogen-bond donors (Lipinski definition) is 1. The monoisotopic (exact) mass is 381 g/mol. The highest BCUT2D eigenvalue weighted by Crippen LogP contribution is 2.28. The summed E-state index contributed by atoms with van der Waals surface area (Å²) in [5, 5.41) is 11.2. The summed E-state index contributed by atoms with van der Waals surface area (Å²) in [6, 6.07) is 12.0. The largest absolute Gasteiger partial charge is 0.411 e. The summed E-state index contributed by atoms with van der Waals surface area (Å²) < 4.78 is 5.76. The van der Waals surface area contributed by atoms with Gasteiger partial charge in [-0.25, -0.2) is 0 Å².